The molecule has 0 unspecified atom stereocenters. The molecule has 1 fully saturated rings. The first-order valence-electron chi connectivity index (χ1n) is 6.96. The van der Waals surface area contributed by atoms with E-state index in [1.54, 1.807) is 18.6 Å². The van der Waals surface area contributed by atoms with Gasteiger partial charge in [0.1, 0.15) is 11.1 Å². The first-order valence-corrected chi connectivity index (χ1v) is 6.96. The zero-order valence-electron chi connectivity index (χ0n) is 12.4. The summed E-state index contributed by atoms with van der Waals surface area (Å²) >= 11 is 0. The van der Waals surface area contributed by atoms with Gasteiger partial charge < -0.3 is 10.1 Å². The third-order valence-electron chi connectivity index (χ3n) is 3.30. The second-order valence-electron chi connectivity index (χ2n) is 6.34. The number of amides is 1. The molecule has 0 aromatic carbocycles. The van der Waals surface area contributed by atoms with Crippen LogP contribution in [0.15, 0.2) is 24.7 Å². The number of nitrogens with one attached hydrogen (secondary N) is 1. The van der Waals surface area contributed by atoms with Crippen LogP contribution >= 0.6 is 0 Å². The molecule has 6 heteroatoms. The van der Waals surface area contributed by atoms with Crippen molar-refractivity contribution < 1.29 is 9.53 Å². The van der Waals surface area contributed by atoms with Crippen LogP contribution in [0.2, 0.25) is 0 Å². The van der Waals surface area contributed by atoms with E-state index in [9.17, 15) is 4.79 Å². The minimum atomic E-state index is -0.518. The molecule has 0 saturated heterocycles. The van der Waals surface area contributed by atoms with Crippen LogP contribution in [0.1, 0.15) is 39.4 Å². The van der Waals surface area contributed by atoms with Crippen LogP contribution in [-0.4, -0.2) is 26.6 Å². The smallest absolute Gasteiger partial charge is 0.408 e. The van der Waals surface area contributed by atoms with Gasteiger partial charge in [-0.2, -0.15) is 0 Å². The largest absolute Gasteiger partial charge is 0.444 e. The lowest BCUT2D eigenvalue weighted by Gasteiger charge is -2.22. The minimum absolute atomic E-state index is 0.432. The van der Waals surface area contributed by atoms with Gasteiger partial charge in [-0.1, -0.05) is 0 Å². The van der Waals surface area contributed by atoms with Gasteiger partial charge >= 0.3 is 6.09 Å². The molecule has 2 aromatic heterocycles. The highest BCUT2D eigenvalue weighted by Gasteiger charge is 2.49. The number of aromatic nitrogens is 3. The van der Waals surface area contributed by atoms with E-state index in [2.05, 4.69) is 20.3 Å². The summed E-state index contributed by atoms with van der Waals surface area (Å²) in [7, 11) is 0. The average Bonchev–Trinajstić information content (AvgIpc) is 3.16. The summed E-state index contributed by atoms with van der Waals surface area (Å²) in [4.78, 5) is 24.9. The quantitative estimate of drug-likeness (QED) is 0.918. The molecule has 0 atom stereocenters. The molecule has 0 radical (unpaired) electrons. The maximum absolute atomic E-state index is 12.0. The van der Waals surface area contributed by atoms with Crippen molar-refractivity contribution in [3.8, 4) is 0 Å². The van der Waals surface area contributed by atoms with Crippen LogP contribution in [0.5, 0.6) is 0 Å². The molecule has 21 heavy (non-hydrogen) atoms. The van der Waals surface area contributed by atoms with E-state index in [0.717, 1.165) is 23.7 Å². The molecule has 110 valence electrons. The number of carbonyl (C=O) groups excluding carboxylic acids is 1. The summed E-state index contributed by atoms with van der Waals surface area (Å²) in [6.07, 6.45) is 6.37. The monoisotopic (exact) mass is 286 g/mol. The number of pyridine rings is 1. The Morgan fingerprint density at radius 2 is 2.10 bits per heavy atom. The zero-order chi connectivity index (χ0) is 15.1. The lowest BCUT2D eigenvalue weighted by atomic mass is 10.2. The number of carbonyl (C=O) groups is 1. The molecule has 0 bridgehead atoms. The fourth-order valence-electron chi connectivity index (χ4n) is 2.13. The number of ether oxygens (including phenoxy) is 1. The van der Waals surface area contributed by atoms with E-state index < -0.39 is 17.2 Å². The van der Waals surface area contributed by atoms with Crippen LogP contribution in [0.4, 0.5) is 4.79 Å². The first-order chi connectivity index (χ1) is 9.88. The van der Waals surface area contributed by atoms with Crippen LogP contribution in [-0.2, 0) is 10.3 Å². The van der Waals surface area contributed by atoms with E-state index in [1.165, 1.54) is 0 Å². The Bertz CT molecular complexity index is 689. The Hall–Kier alpha value is -2.24. The number of fused-ring (bicyclic) bond motifs is 1. The summed E-state index contributed by atoms with van der Waals surface area (Å²) in [5, 5.41) is 3.79. The summed E-state index contributed by atoms with van der Waals surface area (Å²) in [6, 6.07) is 1.84. The lowest BCUT2D eigenvalue weighted by Crippen LogP contribution is -2.40. The van der Waals surface area contributed by atoms with Gasteiger partial charge in [0.25, 0.3) is 0 Å². The Labute approximate surface area is 123 Å². The molecule has 2 heterocycles. The van der Waals surface area contributed by atoms with E-state index in [-0.39, 0.29) is 0 Å². The van der Waals surface area contributed by atoms with Gasteiger partial charge in [0.2, 0.25) is 0 Å². The molecule has 6 nitrogen and oxygen atoms in total. The topological polar surface area (TPSA) is 77.0 Å². The van der Waals surface area contributed by atoms with Gasteiger partial charge in [0.05, 0.1) is 5.52 Å². The van der Waals surface area contributed by atoms with Crippen molar-refractivity contribution in [2.75, 3.05) is 0 Å². The molecule has 3 rings (SSSR count). The van der Waals surface area contributed by atoms with E-state index >= 15 is 0 Å². The maximum atomic E-state index is 12.0. The SMILES string of the molecule is CC(C)(C)OC(=O)NC1(c2ncc3cnccc3n2)CC1. The number of hydrogen-bond acceptors (Lipinski definition) is 5. The molecule has 0 spiro atoms. The van der Waals surface area contributed by atoms with Crippen molar-refractivity contribution in [3.63, 3.8) is 0 Å². The zero-order valence-corrected chi connectivity index (χ0v) is 12.4. The fraction of sp³-hybridized carbons (Fsp3) is 0.467. The third-order valence-corrected chi connectivity index (χ3v) is 3.30. The summed E-state index contributed by atoms with van der Waals surface area (Å²) < 4.78 is 5.31. The molecule has 1 aliphatic carbocycles. The van der Waals surface area contributed by atoms with Crippen molar-refractivity contribution in [1.82, 2.24) is 20.3 Å². The Kier molecular flexibility index (Phi) is 3.04. The Morgan fingerprint density at radius 1 is 1.33 bits per heavy atom. The lowest BCUT2D eigenvalue weighted by molar-refractivity contribution is 0.0492. The summed E-state index contributed by atoms with van der Waals surface area (Å²) in [5.41, 5.74) is -0.178. The van der Waals surface area contributed by atoms with Crippen LogP contribution in [0, 0.1) is 0 Å². The van der Waals surface area contributed by atoms with E-state index in [1.807, 2.05) is 26.8 Å². The molecule has 0 aliphatic heterocycles. The predicted molar refractivity (Wildman–Crippen MR) is 77.6 cm³/mol. The number of hydrogen-bond donors (Lipinski definition) is 1. The van der Waals surface area contributed by atoms with Crippen molar-refractivity contribution >= 4 is 17.0 Å². The number of rotatable bonds is 2. The van der Waals surface area contributed by atoms with Gasteiger partial charge in [0.15, 0.2) is 5.82 Å². The molecular weight excluding hydrogens is 268 g/mol. The molecule has 1 N–H and O–H groups in total. The minimum Gasteiger partial charge on any atom is -0.444 e. The van der Waals surface area contributed by atoms with Crippen molar-refractivity contribution in [2.45, 2.75) is 44.8 Å². The van der Waals surface area contributed by atoms with Gasteiger partial charge in [-0.3, -0.25) is 4.98 Å². The average molecular weight is 286 g/mol. The predicted octanol–water partition coefficient (Wildman–Crippen LogP) is 2.54. The third kappa shape index (κ3) is 2.94. The van der Waals surface area contributed by atoms with E-state index in [0.29, 0.717) is 5.82 Å². The summed E-state index contributed by atoms with van der Waals surface area (Å²) in [6.45, 7) is 5.52. The highest BCUT2D eigenvalue weighted by Crippen LogP contribution is 2.44. The highest BCUT2D eigenvalue weighted by atomic mass is 16.6. The molecule has 2 aromatic rings. The highest BCUT2D eigenvalue weighted by molar-refractivity contribution is 5.76. The fourth-order valence-corrected chi connectivity index (χ4v) is 2.13. The molecular formula is C15H18N4O2. The normalized spacial score (nSPS) is 16.5. The second-order valence-corrected chi connectivity index (χ2v) is 6.34. The van der Waals surface area contributed by atoms with Crippen LogP contribution < -0.4 is 5.32 Å². The standard InChI is InChI=1S/C15H18N4O2/c1-14(2,3)21-13(20)19-15(5-6-15)12-17-9-10-8-16-7-4-11(10)18-12/h4,7-9H,5-6H2,1-3H3,(H,19,20). The van der Waals surface area contributed by atoms with Gasteiger partial charge in [0, 0.05) is 24.0 Å². The van der Waals surface area contributed by atoms with E-state index in [4.69, 9.17) is 4.74 Å². The van der Waals surface area contributed by atoms with Crippen molar-refractivity contribution in [1.29, 1.82) is 0 Å². The molecule has 1 amide bonds. The van der Waals surface area contributed by atoms with Crippen LogP contribution in [0.3, 0.4) is 0 Å². The maximum Gasteiger partial charge on any atom is 0.408 e. The first kappa shape index (κ1) is 13.7. The number of nitrogens with zero attached hydrogens (tertiary/aromatic N) is 3. The Morgan fingerprint density at radius 3 is 2.76 bits per heavy atom. The summed E-state index contributed by atoms with van der Waals surface area (Å²) in [5.74, 6) is 0.632. The van der Waals surface area contributed by atoms with Crippen LogP contribution in [0.25, 0.3) is 10.9 Å². The van der Waals surface area contributed by atoms with Crippen molar-refractivity contribution in [2.24, 2.45) is 0 Å². The van der Waals surface area contributed by atoms with Gasteiger partial charge in [-0.15, -0.1) is 0 Å². The number of alkyl carbamates (subject to hydrolysis) is 1. The van der Waals surface area contributed by atoms with Crippen molar-refractivity contribution in [3.05, 3.63) is 30.5 Å². The van der Waals surface area contributed by atoms with Gasteiger partial charge in [-0.05, 0) is 39.7 Å². The molecule has 1 aliphatic rings. The van der Waals surface area contributed by atoms with Gasteiger partial charge in [-0.25, -0.2) is 14.8 Å². The Balaban J connectivity index is 1.82. The second kappa shape index (κ2) is 4.65. The molecule has 1 saturated carbocycles.